The van der Waals surface area contributed by atoms with Crippen molar-refractivity contribution in [1.82, 2.24) is 0 Å². The van der Waals surface area contributed by atoms with Crippen LogP contribution in [-0.2, 0) is 19.3 Å². The fraction of sp³-hybridized carbons (Fsp3) is 0.519. The summed E-state index contributed by atoms with van der Waals surface area (Å²) in [5.74, 6) is -0.308. The molecule has 0 amide bonds. The van der Waals surface area contributed by atoms with Gasteiger partial charge in [0.15, 0.2) is 0 Å². The van der Waals surface area contributed by atoms with Crippen LogP contribution >= 0.6 is 0 Å². The Kier molecular flexibility index (Phi) is 11.3. The lowest BCUT2D eigenvalue weighted by Gasteiger charge is -2.37. The van der Waals surface area contributed by atoms with Gasteiger partial charge in [-0.3, -0.25) is 4.79 Å². The second kappa shape index (κ2) is 14.0. The summed E-state index contributed by atoms with van der Waals surface area (Å²) in [5.41, 5.74) is 1.80. The molecule has 1 unspecified atom stereocenters. The van der Waals surface area contributed by atoms with Crippen molar-refractivity contribution < 1.29 is 19.3 Å². The molecule has 1 fully saturated rings. The number of hydrogen-bond donors (Lipinski definition) is 0. The summed E-state index contributed by atoms with van der Waals surface area (Å²) in [7, 11) is 1.38. The molecule has 31 heavy (non-hydrogen) atoms. The summed E-state index contributed by atoms with van der Waals surface area (Å²) in [4.78, 5) is 22.5. The Morgan fingerprint density at radius 3 is 2.55 bits per heavy atom. The number of benzene rings is 1. The maximum absolute atomic E-state index is 11.4. The fourth-order valence-corrected chi connectivity index (χ4v) is 3.78. The van der Waals surface area contributed by atoms with E-state index >= 15 is 0 Å². The summed E-state index contributed by atoms with van der Waals surface area (Å²) in [6.07, 6.45) is 18.5. The molecular formula is C27H38O4. The zero-order valence-electron chi connectivity index (χ0n) is 19.2. The van der Waals surface area contributed by atoms with E-state index in [1.807, 2.05) is 6.07 Å². The average molecular weight is 427 g/mol. The van der Waals surface area contributed by atoms with Crippen LogP contribution in [0, 0.1) is 0 Å². The normalized spacial score (nSPS) is 21.7. The van der Waals surface area contributed by atoms with Crippen molar-refractivity contribution in [3.63, 3.8) is 0 Å². The molecule has 0 spiro atoms. The molecular weight excluding hydrogens is 388 g/mol. The van der Waals surface area contributed by atoms with Gasteiger partial charge in [-0.2, -0.15) is 0 Å². The number of unbranched alkanes of at least 4 members (excludes halogenated alkanes) is 6. The van der Waals surface area contributed by atoms with Crippen LogP contribution in [-0.4, -0.2) is 24.8 Å². The van der Waals surface area contributed by atoms with Gasteiger partial charge in [-0.05, 0) is 37.3 Å². The minimum absolute atomic E-state index is 0.157. The maximum atomic E-state index is 11.4. The Bertz CT molecular complexity index is 722. The third-order valence-corrected chi connectivity index (χ3v) is 5.66. The highest BCUT2D eigenvalue weighted by molar-refractivity contribution is 5.70. The van der Waals surface area contributed by atoms with Crippen molar-refractivity contribution in [2.24, 2.45) is 0 Å². The molecule has 0 N–H and O–H groups in total. The Labute approximate surface area is 187 Å². The zero-order chi connectivity index (χ0) is 22.4. The SMILES string of the molecule is C=C1C[C@](C)(CCCCCCCC/C=C/C=C/c2ccccc2)OOC1CC(=O)OC. The fourth-order valence-electron chi connectivity index (χ4n) is 3.78. The van der Waals surface area contributed by atoms with Crippen LogP contribution in [0.4, 0.5) is 0 Å². The third-order valence-electron chi connectivity index (χ3n) is 5.66. The van der Waals surface area contributed by atoms with Gasteiger partial charge in [0.1, 0.15) is 11.7 Å². The molecule has 4 heteroatoms. The van der Waals surface area contributed by atoms with E-state index in [0.29, 0.717) is 0 Å². The van der Waals surface area contributed by atoms with Crippen LogP contribution in [0.5, 0.6) is 0 Å². The Hall–Kier alpha value is -2.17. The molecule has 4 nitrogen and oxygen atoms in total. The van der Waals surface area contributed by atoms with Crippen LogP contribution < -0.4 is 0 Å². The monoisotopic (exact) mass is 426 g/mol. The lowest BCUT2D eigenvalue weighted by atomic mass is 9.87. The van der Waals surface area contributed by atoms with Crippen LogP contribution in [0.25, 0.3) is 6.08 Å². The molecule has 1 heterocycles. The molecule has 1 saturated heterocycles. The molecule has 0 radical (unpaired) electrons. The molecule has 2 atom stereocenters. The number of ether oxygens (including phenoxy) is 1. The van der Waals surface area contributed by atoms with E-state index in [4.69, 9.17) is 14.5 Å². The van der Waals surface area contributed by atoms with E-state index in [1.165, 1.54) is 44.8 Å². The van der Waals surface area contributed by atoms with E-state index in [0.717, 1.165) is 31.3 Å². The molecule has 0 aromatic heterocycles. The van der Waals surface area contributed by atoms with Crippen LogP contribution in [0.3, 0.4) is 0 Å². The van der Waals surface area contributed by atoms with Gasteiger partial charge in [0.2, 0.25) is 0 Å². The number of esters is 1. The number of rotatable bonds is 13. The van der Waals surface area contributed by atoms with E-state index in [-0.39, 0.29) is 18.0 Å². The van der Waals surface area contributed by atoms with Gasteiger partial charge < -0.3 is 4.74 Å². The first kappa shape index (κ1) is 25.1. The average Bonchev–Trinajstić information content (AvgIpc) is 2.77. The van der Waals surface area contributed by atoms with Crippen molar-refractivity contribution in [3.8, 4) is 0 Å². The van der Waals surface area contributed by atoms with Gasteiger partial charge >= 0.3 is 5.97 Å². The number of allylic oxidation sites excluding steroid dienone is 3. The first-order valence-electron chi connectivity index (χ1n) is 11.5. The van der Waals surface area contributed by atoms with E-state index in [9.17, 15) is 4.79 Å². The molecule has 1 aliphatic rings. The number of carbonyl (C=O) groups is 1. The predicted octanol–water partition coefficient (Wildman–Crippen LogP) is 6.98. The molecule has 0 saturated carbocycles. The van der Waals surface area contributed by atoms with Gasteiger partial charge in [-0.25, -0.2) is 9.78 Å². The highest BCUT2D eigenvalue weighted by atomic mass is 17.2. The first-order chi connectivity index (χ1) is 15.0. The molecule has 0 aliphatic carbocycles. The largest absolute Gasteiger partial charge is 0.469 e. The highest BCUT2D eigenvalue weighted by Gasteiger charge is 2.36. The topological polar surface area (TPSA) is 44.8 Å². The van der Waals surface area contributed by atoms with Crippen molar-refractivity contribution in [3.05, 3.63) is 66.3 Å². The number of methoxy groups -OCH3 is 1. The van der Waals surface area contributed by atoms with Crippen molar-refractivity contribution >= 4 is 12.0 Å². The quantitative estimate of drug-likeness (QED) is 0.112. The molecule has 2 rings (SSSR count). The Morgan fingerprint density at radius 1 is 1.13 bits per heavy atom. The molecule has 0 bridgehead atoms. The van der Waals surface area contributed by atoms with Gasteiger partial charge in [0.25, 0.3) is 0 Å². The second-order valence-corrected chi connectivity index (χ2v) is 8.59. The summed E-state index contributed by atoms with van der Waals surface area (Å²) < 4.78 is 4.69. The summed E-state index contributed by atoms with van der Waals surface area (Å²) in [6, 6.07) is 10.4. The lowest BCUT2D eigenvalue weighted by Crippen LogP contribution is -2.39. The van der Waals surface area contributed by atoms with Crippen molar-refractivity contribution in [2.75, 3.05) is 7.11 Å². The Balaban J connectivity index is 1.48. The molecule has 1 aromatic rings. The van der Waals surface area contributed by atoms with Crippen LogP contribution in [0.1, 0.15) is 76.7 Å². The summed E-state index contributed by atoms with van der Waals surface area (Å²) >= 11 is 0. The van der Waals surface area contributed by atoms with Crippen molar-refractivity contribution in [1.29, 1.82) is 0 Å². The molecule has 1 aromatic carbocycles. The first-order valence-corrected chi connectivity index (χ1v) is 11.5. The summed E-state index contributed by atoms with van der Waals surface area (Å²) in [5, 5.41) is 0. The Morgan fingerprint density at radius 2 is 1.84 bits per heavy atom. The predicted molar refractivity (Wildman–Crippen MR) is 126 cm³/mol. The van der Waals surface area contributed by atoms with Crippen LogP contribution in [0.15, 0.2) is 60.7 Å². The van der Waals surface area contributed by atoms with Gasteiger partial charge in [-0.15, -0.1) is 0 Å². The standard InChI is InChI=1S/C27H38O4/c1-23-22-27(2,31-30-25(23)21-26(28)29-3)20-16-11-9-7-5-4-6-8-10-13-17-24-18-14-12-15-19-24/h8,10,12-15,17-19,25H,1,4-7,9,11,16,20-22H2,2-3H3/b10-8+,17-13+/t25?,27-/m0/s1. The van der Waals surface area contributed by atoms with Gasteiger partial charge in [0, 0.05) is 6.42 Å². The van der Waals surface area contributed by atoms with E-state index < -0.39 is 6.10 Å². The zero-order valence-corrected chi connectivity index (χ0v) is 19.2. The van der Waals surface area contributed by atoms with Crippen molar-refractivity contribution in [2.45, 2.75) is 82.8 Å². The minimum atomic E-state index is -0.400. The number of carbonyl (C=O) groups excluding carboxylic acids is 1. The smallest absolute Gasteiger partial charge is 0.308 e. The van der Waals surface area contributed by atoms with Crippen LogP contribution in [0.2, 0.25) is 0 Å². The maximum Gasteiger partial charge on any atom is 0.308 e. The molecule has 170 valence electrons. The molecule has 1 aliphatic heterocycles. The van der Waals surface area contributed by atoms with E-state index in [2.05, 4.69) is 62.1 Å². The van der Waals surface area contributed by atoms with Gasteiger partial charge in [0.05, 0.1) is 13.5 Å². The lowest BCUT2D eigenvalue weighted by molar-refractivity contribution is -0.392. The minimum Gasteiger partial charge on any atom is -0.469 e. The third kappa shape index (κ3) is 10.1. The van der Waals surface area contributed by atoms with Gasteiger partial charge in [-0.1, -0.05) is 93.3 Å². The highest BCUT2D eigenvalue weighted by Crippen LogP contribution is 2.35. The second-order valence-electron chi connectivity index (χ2n) is 8.59. The van der Waals surface area contributed by atoms with E-state index in [1.54, 1.807) is 0 Å². The summed E-state index contributed by atoms with van der Waals surface area (Å²) in [6.45, 7) is 6.14. The number of hydrogen-bond acceptors (Lipinski definition) is 4.